The molecule has 2 rings (SSSR count). The molecule has 0 aromatic carbocycles. The van der Waals surface area contributed by atoms with Gasteiger partial charge in [-0.2, -0.15) is 0 Å². The highest BCUT2D eigenvalue weighted by molar-refractivity contribution is 5.06. The minimum Gasteiger partial charge on any atom is -0.368 e. The fourth-order valence-electron chi connectivity index (χ4n) is 1.91. The summed E-state index contributed by atoms with van der Waals surface area (Å²) < 4.78 is 5.95. The third kappa shape index (κ3) is 3.01. The fourth-order valence-corrected chi connectivity index (χ4v) is 1.91. The zero-order valence-electron chi connectivity index (χ0n) is 9.15. The van der Waals surface area contributed by atoms with Gasteiger partial charge in [0.05, 0.1) is 17.9 Å². The van der Waals surface area contributed by atoms with Gasteiger partial charge < -0.3 is 10.1 Å². The molecular weight excluding hydrogens is 188 g/mol. The molecule has 1 unspecified atom stereocenters. The molecule has 2 atom stereocenters. The number of rotatable bonds is 3. The predicted molar refractivity (Wildman–Crippen MR) is 59.6 cm³/mol. The van der Waals surface area contributed by atoms with Crippen LogP contribution >= 0.6 is 0 Å². The molecular formula is C12H18N2O. The lowest BCUT2D eigenvalue weighted by Gasteiger charge is -2.26. The van der Waals surface area contributed by atoms with Gasteiger partial charge in [0.2, 0.25) is 0 Å². The Morgan fingerprint density at radius 1 is 1.53 bits per heavy atom. The average molecular weight is 206 g/mol. The Morgan fingerprint density at radius 2 is 2.47 bits per heavy atom. The van der Waals surface area contributed by atoms with E-state index in [0.717, 1.165) is 25.2 Å². The van der Waals surface area contributed by atoms with E-state index in [4.69, 9.17) is 4.74 Å². The minimum atomic E-state index is 0.0936. The number of pyridine rings is 1. The smallest absolute Gasteiger partial charge is 0.0970 e. The summed E-state index contributed by atoms with van der Waals surface area (Å²) >= 11 is 0. The van der Waals surface area contributed by atoms with E-state index in [1.165, 1.54) is 6.42 Å². The van der Waals surface area contributed by atoms with E-state index in [1.54, 1.807) is 0 Å². The summed E-state index contributed by atoms with van der Waals surface area (Å²) in [5.74, 6) is 0. The van der Waals surface area contributed by atoms with Gasteiger partial charge in [-0.15, -0.1) is 0 Å². The van der Waals surface area contributed by atoms with Crippen LogP contribution in [0, 0.1) is 0 Å². The number of nitrogens with zero attached hydrogens (tertiary/aromatic N) is 1. The summed E-state index contributed by atoms with van der Waals surface area (Å²) in [4.78, 5) is 4.30. The van der Waals surface area contributed by atoms with Crippen molar-refractivity contribution in [2.45, 2.75) is 32.0 Å². The van der Waals surface area contributed by atoms with Gasteiger partial charge >= 0.3 is 0 Å². The largest absolute Gasteiger partial charge is 0.368 e. The molecule has 1 aliphatic heterocycles. The van der Waals surface area contributed by atoms with Crippen LogP contribution in [0.1, 0.15) is 31.6 Å². The molecule has 0 aliphatic carbocycles. The summed E-state index contributed by atoms with van der Waals surface area (Å²) in [6.45, 7) is 4.16. The zero-order chi connectivity index (χ0) is 10.5. The van der Waals surface area contributed by atoms with E-state index < -0.39 is 0 Å². The SMILES string of the molecule is CC(O[C@H]1CCCNC1)c1ccccn1. The maximum absolute atomic E-state index is 5.95. The van der Waals surface area contributed by atoms with E-state index in [0.29, 0.717) is 6.10 Å². The van der Waals surface area contributed by atoms with Gasteiger partial charge in [0.1, 0.15) is 0 Å². The highest BCUT2D eigenvalue weighted by Crippen LogP contribution is 2.18. The quantitative estimate of drug-likeness (QED) is 0.820. The van der Waals surface area contributed by atoms with Crippen LogP contribution in [0.15, 0.2) is 24.4 Å². The molecule has 3 heteroatoms. The van der Waals surface area contributed by atoms with Crippen LogP contribution in [0.3, 0.4) is 0 Å². The van der Waals surface area contributed by atoms with E-state index in [-0.39, 0.29) is 6.10 Å². The molecule has 1 fully saturated rings. The number of piperidine rings is 1. The number of ether oxygens (including phenoxy) is 1. The molecule has 1 aromatic rings. The van der Waals surface area contributed by atoms with Crippen LogP contribution < -0.4 is 5.32 Å². The Kier molecular flexibility index (Phi) is 3.69. The summed E-state index contributed by atoms with van der Waals surface area (Å²) in [5, 5.41) is 3.35. The van der Waals surface area contributed by atoms with E-state index >= 15 is 0 Å². The average Bonchev–Trinajstić information content (AvgIpc) is 2.31. The minimum absolute atomic E-state index is 0.0936. The first-order chi connectivity index (χ1) is 7.36. The van der Waals surface area contributed by atoms with Crippen molar-refractivity contribution in [3.8, 4) is 0 Å². The van der Waals surface area contributed by atoms with E-state index in [1.807, 2.05) is 24.4 Å². The summed E-state index contributed by atoms with van der Waals surface area (Å²) in [5.41, 5.74) is 1.02. The molecule has 1 aliphatic rings. The van der Waals surface area contributed by atoms with Gasteiger partial charge in [-0.3, -0.25) is 4.98 Å². The fraction of sp³-hybridized carbons (Fsp3) is 0.583. The first kappa shape index (κ1) is 10.6. The Hall–Kier alpha value is -0.930. The second-order valence-electron chi connectivity index (χ2n) is 4.00. The number of nitrogens with one attached hydrogen (secondary N) is 1. The van der Waals surface area contributed by atoms with Crippen molar-refractivity contribution < 1.29 is 4.74 Å². The molecule has 2 heterocycles. The van der Waals surface area contributed by atoms with E-state index in [2.05, 4.69) is 17.2 Å². The van der Waals surface area contributed by atoms with Crippen molar-refractivity contribution in [3.63, 3.8) is 0 Å². The van der Waals surface area contributed by atoms with Crippen LogP contribution in [0.25, 0.3) is 0 Å². The summed E-state index contributed by atoms with van der Waals surface area (Å²) in [6, 6.07) is 5.95. The summed E-state index contributed by atoms with van der Waals surface area (Å²) in [7, 11) is 0. The summed E-state index contributed by atoms with van der Waals surface area (Å²) in [6.07, 6.45) is 4.62. The molecule has 0 amide bonds. The van der Waals surface area contributed by atoms with Crippen LogP contribution in [-0.4, -0.2) is 24.2 Å². The molecule has 0 spiro atoms. The van der Waals surface area contributed by atoms with Gasteiger partial charge in [-0.1, -0.05) is 6.07 Å². The van der Waals surface area contributed by atoms with Gasteiger partial charge in [-0.25, -0.2) is 0 Å². The van der Waals surface area contributed by atoms with Gasteiger partial charge in [0, 0.05) is 12.7 Å². The van der Waals surface area contributed by atoms with Gasteiger partial charge in [-0.05, 0) is 38.4 Å². The maximum atomic E-state index is 5.95. The molecule has 1 saturated heterocycles. The van der Waals surface area contributed by atoms with Crippen LogP contribution in [0.5, 0.6) is 0 Å². The third-order valence-corrected chi connectivity index (χ3v) is 2.75. The van der Waals surface area contributed by atoms with Crippen molar-refractivity contribution in [1.29, 1.82) is 0 Å². The molecule has 3 nitrogen and oxygen atoms in total. The maximum Gasteiger partial charge on any atom is 0.0970 e. The third-order valence-electron chi connectivity index (χ3n) is 2.75. The molecule has 0 radical (unpaired) electrons. The molecule has 0 saturated carbocycles. The first-order valence-electron chi connectivity index (χ1n) is 5.63. The Balaban J connectivity index is 1.88. The van der Waals surface area contributed by atoms with Crippen molar-refractivity contribution >= 4 is 0 Å². The zero-order valence-corrected chi connectivity index (χ0v) is 9.15. The van der Waals surface area contributed by atoms with Crippen LogP contribution in [0.2, 0.25) is 0 Å². The standard InChI is InChI=1S/C12H18N2O/c1-10(12-6-2-3-8-14-12)15-11-5-4-7-13-9-11/h2-3,6,8,10-11,13H,4-5,7,9H2,1H3/t10?,11-/m0/s1. The van der Waals surface area contributed by atoms with Crippen molar-refractivity contribution in [2.75, 3.05) is 13.1 Å². The van der Waals surface area contributed by atoms with Crippen molar-refractivity contribution in [3.05, 3.63) is 30.1 Å². The monoisotopic (exact) mass is 206 g/mol. The molecule has 0 bridgehead atoms. The Bertz CT molecular complexity index is 283. The van der Waals surface area contributed by atoms with E-state index in [9.17, 15) is 0 Å². The lowest BCUT2D eigenvalue weighted by atomic mass is 10.1. The molecule has 82 valence electrons. The van der Waals surface area contributed by atoms with Crippen molar-refractivity contribution in [2.24, 2.45) is 0 Å². The highest BCUT2D eigenvalue weighted by Gasteiger charge is 2.17. The first-order valence-corrected chi connectivity index (χ1v) is 5.63. The highest BCUT2D eigenvalue weighted by atomic mass is 16.5. The lowest BCUT2D eigenvalue weighted by molar-refractivity contribution is -0.0169. The van der Waals surface area contributed by atoms with Gasteiger partial charge in [0.15, 0.2) is 0 Å². The van der Waals surface area contributed by atoms with Crippen LogP contribution in [0.4, 0.5) is 0 Å². The van der Waals surface area contributed by atoms with Crippen molar-refractivity contribution in [1.82, 2.24) is 10.3 Å². The molecule has 1 aromatic heterocycles. The molecule has 15 heavy (non-hydrogen) atoms. The van der Waals surface area contributed by atoms with Gasteiger partial charge in [0.25, 0.3) is 0 Å². The lowest BCUT2D eigenvalue weighted by Crippen LogP contribution is -2.35. The number of hydrogen-bond acceptors (Lipinski definition) is 3. The van der Waals surface area contributed by atoms with Crippen LogP contribution in [-0.2, 0) is 4.74 Å². The number of aromatic nitrogens is 1. The Morgan fingerprint density at radius 3 is 3.13 bits per heavy atom. The number of hydrogen-bond donors (Lipinski definition) is 1. The predicted octanol–water partition coefficient (Wildman–Crippen LogP) is 1.91. The molecule has 1 N–H and O–H groups in total. The second-order valence-corrected chi connectivity index (χ2v) is 4.00. The second kappa shape index (κ2) is 5.24. The topological polar surface area (TPSA) is 34.1 Å². The Labute approximate surface area is 90.9 Å². The normalized spacial score (nSPS) is 23.7.